The zero-order valence-electron chi connectivity index (χ0n) is 11.8. The molecule has 0 saturated heterocycles. The van der Waals surface area contributed by atoms with Crippen LogP contribution in [0.5, 0.6) is 5.88 Å². The molecule has 102 valence electrons. The van der Waals surface area contributed by atoms with Gasteiger partial charge in [0.25, 0.3) is 0 Å². The Labute approximate surface area is 110 Å². The van der Waals surface area contributed by atoms with E-state index in [-0.39, 0.29) is 0 Å². The number of ether oxygens (including phenoxy) is 1. The maximum absolute atomic E-state index is 5.35. The normalized spacial score (nSPS) is 12.2. The zero-order chi connectivity index (χ0) is 13.2. The minimum absolute atomic E-state index is 0.630. The van der Waals surface area contributed by atoms with E-state index in [1.54, 1.807) is 6.33 Å². The van der Waals surface area contributed by atoms with E-state index in [0.717, 1.165) is 18.3 Å². The molecular formula is C14H25N3O. The lowest BCUT2D eigenvalue weighted by Gasteiger charge is -2.15. The highest BCUT2D eigenvalue weighted by molar-refractivity contribution is 5.36. The highest BCUT2D eigenvalue weighted by Crippen LogP contribution is 2.15. The predicted octanol–water partition coefficient (Wildman–Crippen LogP) is 3.50. The van der Waals surface area contributed by atoms with E-state index in [2.05, 4.69) is 29.1 Å². The van der Waals surface area contributed by atoms with Crippen molar-refractivity contribution < 1.29 is 4.74 Å². The first-order valence-electron chi connectivity index (χ1n) is 6.98. The predicted molar refractivity (Wildman–Crippen MR) is 75.0 cm³/mol. The number of rotatable bonds is 9. The van der Waals surface area contributed by atoms with E-state index < -0.39 is 0 Å². The molecule has 0 aromatic carbocycles. The molecule has 0 bridgehead atoms. The molecule has 0 radical (unpaired) electrons. The summed E-state index contributed by atoms with van der Waals surface area (Å²) in [6.07, 6.45) is 6.59. The van der Waals surface area contributed by atoms with Crippen molar-refractivity contribution in [2.75, 3.05) is 18.5 Å². The van der Waals surface area contributed by atoms with Gasteiger partial charge in [-0.25, -0.2) is 9.97 Å². The van der Waals surface area contributed by atoms with Gasteiger partial charge in [-0.2, -0.15) is 0 Å². The quantitative estimate of drug-likeness (QED) is 0.729. The standard InChI is InChI=1S/C14H25N3O/c1-4-7-8-12(5-2)10-15-13-9-14(18-6-3)17-11-16-13/h9,11-12H,4-8,10H2,1-3H3,(H,15,16,17). The average Bonchev–Trinajstić information content (AvgIpc) is 2.40. The van der Waals surface area contributed by atoms with Crippen LogP contribution in [0.3, 0.4) is 0 Å². The number of anilines is 1. The molecule has 1 unspecified atom stereocenters. The Kier molecular flexibility index (Phi) is 7.14. The van der Waals surface area contributed by atoms with Gasteiger partial charge in [-0.05, 0) is 19.3 Å². The molecule has 0 fully saturated rings. The summed E-state index contributed by atoms with van der Waals surface area (Å²) in [5.41, 5.74) is 0. The van der Waals surface area contributed by atoms with Crippen molar-refractivity contribution in [1.82, 2.24) is 9.97 Å². The lowest BCUT2D eigenvalue weighted by Crippen LogP contribution is -2.14. The lowest BCUT2D eigenvalue weighted by atomic mass is 9.99. The van der Waals surface area contributed by atoms with Gasteiger partial charge in [0.05, 0.1) is 6.61 Å². The first-order valence-corrected chi connectivity index (χ1v) is 6.98. The van der Waals surface area contributed by atoms with Crippen LogP contribution >= 0.6 is 0 Å². The molecule has 0 amide bonds. The van der Waals surface area contributed by atoms with E-state index >= 15 is 0 Å². The number of hydrogen-bond acceptors (Lipinski definition) is 4. The summed E-state index contributed by atoms with van der Waals surface area (Å²) in [5.74, 6) is 2.20. The molecule has 0 aliphatic rings. The van der Waals surface area contributed by atoms with Crippen molar-refractivity contribution in [3.63, 3.8) is 0 Å². The van der Waals surface area contributed by atoms with Crippen LogP contribution in [0.4, 0.5) is 5.82 Å². The third-order valence-electron chi connectivity index (χ3n) is 3.05. The van der Waals surface area contributed by atoms with Crippen LogP contribution in [-0.4, -0.2) is 23.1 Å². The third kappa shape index (κ3) is 5.34. The molecule has 4 nitrogen and oxygen atoms in total. The second-order valence-corrected chi connectivity index (χ2v) is 4.47. The highest BCUT2D eigenvalue weighted by atomic mass is 16.5. The summed E-state index contributed by atoms with van der Waals surface area (Å²) in [5, 5.41) is 3.37. The molecule has 0 aliphatic heterocycles. The van der Waals surface area contributed by atoms with E-state index in [1.807, 2.05) is 13.0 Å². The van der Waals surface area contributed by atoms with Gasteiger partial charge in [0.2, 0.25) is 5.88 Å². The SMILES string of the molecule is CCCCC(CC)CNc1cc(OCC)ncn1. The maximum atomic E-state index is 5.35. The van der Waals surface area contributed by atoms with Crippen LogP contribution in [0.15, 0.2) is 12.4 Å². The summed E-state index contributed by atoms with van der Waals surface area (Å²) in [7, 11) is 0. The first kappa shape index (κ1) is 14.7. The molecule has 1 rings (SSSR count). The van der Waals surface area contributed by atoms with Crippen molar-refractivity contribution in [3.05, 3.63) is 12.4 Å². The van der Waals surface area contributed by atoms with E-state index in [9.17, 15) is 0 Å². The van der Waals surface area contributed by atoms with Gasteiger partial charge >= 0.3 is 0 Å². The second kappa shape index (κ2) is 8.72. The summed E-state index contributed by atoms with van der Waals surface area (Å²) in [4.78, 5) is 8.26. The summed E-state index contributed by atoms with van der Waals surface area (Å²) in [6, 6.07) is 1.86. The number of unbranched alkanes of at least 4 members (excludes halogenated alkanes) is 1. The summed E-state index contributed by atoms with van der Waals surface area (Å²) < 4.78 is 5.35. The van der Waals surface area contributed by atoms with Gasteiger partial charge < -0.3 is 10.1 Å². The Bertz CT molecular complexity index is 331. The Morgan fingerprint density at radius 2 is 2.11 bits per heavy atom. The van der Waals surface area contributed by atoms with Crippen LogP contribution in [0.1, 0.15) is 46.5 Å². The fraction of sp³-hybridized carbons (Fsp3) is 0.714. The van der Waals surface area contributed by atoms with Gasteiger partial charge in [0.15, 0.2) is 0 Å². The Hall–Kier alpha value is -1.32. The molecule has 1 N–H and O–H groups in total. The molecular weight excluding hydrogens is 226 g/mol. The minimum Gasteiger partial charge on any atom is -0.478 e. The first-order chi connectivity index (χ1) is 8.80. The summed E-state index contributed by atoms with van der Waals surface area (Å²) in [6.45, 7) is 8.03. The molecule has 4 heteroatoms. The van der Waals surface area contributed by atoms with E-state index in [0.29, 0.717) is 12.5 Å². The van der Waals surface area contributed by atoms with Gasteiger partial charge in [-0.3, -0.25) is 0 Å². The van der Waals surface area contributed by atoms with E-state index in [4.69, 9.17) is 4.74 Å². The number of aromatic nitrogens is 2. The Balaban J connectivity index is 2.43. The average molecular weight is 251 g/mol. The van der Waals surface area contributed by atoms with E-state index in [1.165, 1.54) is 25.7 Å². The van der Waals surface area contributed by atoms with Crippen LogP contribution in [0.25, 0.3) is 0 Å². The second-order valence-electron chi connectivity index (χ2n) is 4.47. The Morgan fingerprint density at radius 1 is 1.28 bits per heavy atom. The topological polar surface area (TPSA) is 47.0 Å². The van der Waals surface area contributed by atoms with Crippen LogP contribution < -0.4 is 10.1 Å². The third-order valence-corrected chi connectivity index (χ3v) is 3.05. The van der Waals surface area contributed by atoms with Crippen molar-refractivity contribution >= 4 is 5.82 Å². The van der Waals surface area contributed by atoms with Crippen molar-refractivity contribution in [3.8, 4) is 5.88 Å². The summed E-state index contributed by atoms with van der Waals surface area (Å²) >= 11 is 0. The number of nitrogens with zero attached hydrogens (tertiary/aromatic N) is 2. The molecule has 1 heterocycles. The molecule has 1 aromatic heterocycles. The monoisotopic (exact) mass is 251 g/mol. The molecule has 1 atom stereocenters. The van der Waals surface area contributed by atoms with Gasteiger partial charge in [0.1, 0.15) is 12.1 Å². The van der Waals surface area contributed by atoms with Crippen molar-refractivity contribution in [2.45, 2.75) is 46.5 Å². The molecule has 0 saturated carbocycles. The van der Waals surface area contributed by atoms with Crippen LogP contribution in [-0.2, 0) is 0 Å². The zero-order valence-corrected chi connectivity index (χ0v) is 11.8. The van der Waals surface area contributed by atoms with Crippen molar-refractivity contribution in [2.24, 2.45) is 5.92 Å². The number of nitrogens with one attached hydrogen (secondary N) is 1. The van der Waals surface area contributed by atoms with Gasteiger partial charge in [-0.1, -0.05) is 33.1 Å². The molecule has 18 heavy (non-hydrogen) atoms. The molecule has 1 aromatic rings. The van der Waals surface area contributed by atoms with Gasteiger partial charge in [0, 0.05) is 12.6 Å². The largest absolute Gasteiger partial charge is 0.478 e. The van der Waals surface area contributed by atoms with Crippen LogP contribution in [0, 0.1) is 5.92 Å². The minimum atomic E-state index is 0.630. The highest BCUT2D eigenvalue weighted by Gasteiger charge is 2.06. The fourth-order valence-corrected chi connectivity index (χ4v) is 1.86. The molecule has 0 aliphatic carbocycles. The fourth-order valence-electron chi connectivity index (χ4n) is 1.86. The number of hydrogen-bond donors (Lipinski definition) is 1. The Morgan fingerprint density at radius 3 is 2.78 bits per heavy atom. The lowest BCUT2D eigenvalue weighted by molar-refractivity contribution is 0.326. The maximum Gasteiger partial charge on any atom is 0.218 e. The smallest absolute Gasteiger partial charge is 0.218 e. The van der Waals surface area contributed by atoms with Crippen molar-refractivity contribution in [1.29, 1.82) is 0 Å². The van der Waals surface area contributed by atoms with Crippen LogP contribution in [0.2, 0.25) is 0 Å². The molecule has 0 spiro atoms. The van der Waals surface area contributed by atoms with Gasteiger partial charge in [-0.15, -0.1) is 0 Å².